The van der Waals surface area contributed by atoms with Crippen LogP contribution in [-0.2, 0) is 37.2 Å². The van der Waals surface area contributed by atoms with E-state index >= 15 is 0 Å². The lowest BCUT2D eigenvalue weighted by Gasteiger charge is -2.36. The van der Waals surface area contributed by atoms with Crippen molar-refractivity contribution in [2.45, 2.75) is 30.9 Å². The lowest BCUT2D eigenvalue weighted by molar-refractivity contribution is -0.152. The van der Waals surface area contributed by atoms with Crippen LogP contribution >= 0.6 is 0 Å². The minimum absolute atomic E-state index is 0.0411. The van der Waals surface area contributed by atoms with Crippen molar-refractivity contribution in [1.29, 1.82) is 0 Å². The molecule has 11 heteroatoms. The summed E-state index contributed by atoms with van der Waals surface area (Å²) in [4.78, 5) is 29.4. The van der Waals surface area contributed by atoms with E-state index < -0.39 is 40.4 Å². The van der Waals surface area contributed by atoms with Gasteiger partial charge in [0, 0.05) is 12.1 Å². The van der Waals surface area contributed by atoms with Crippen molar-refractivity contribution in [3.8, 4) is 5.75 Å². The maximum absolute atomic E-state index is 14.5. The summed E-state index contributed by atoms with van der Waals surface area (Å²) in [6.07, 6.45) is -0.616. The molecule has 4 rings (SSSR count). The summed E-state index contributed by atoms with van der Waals surface area (Å²) in [5.74, 6) is -1.96. The first-order valence-electron chi connectivity index (χ1n) is 11.8. The summed E-state index contributed by atoms with van der Waals surface area (Å²) in [5.41, 5.74) is 2.12. The predicted octanol–water partition coefficient (Wildman–Crippen LogP) is 4.30. The molecule has 0 amide bonds. The monoisotopic (exact) mass is 543 g/mol. The number of halogens is 1. The highest BCUT2D eigenvalue weighted by molar-refractivity contribution is 7.91. The topological polar surface area (TPSA) is 119 Å². The molecule has 0 fully saturated rings. The lowest BCUT2D eigenvalue weighted by atomic mass is 9.89. The third-order valence-corrected chi connectivity index (χ3v) is 7.78. The Morgan fingerprint density at radius 2 is 1.82 bits per heavy atom. The summed E-state index contributed by atoms with van der Waals surface area (Å²) in [7, 11) is -3.59. The Morgan fingerprint density at radius 1 is 1.05 bits per heavy atom. The molecule has 1 heterocycles. The lowest BCUT2D eigenvalue weighted by Crippen LogP contribution is -2.38. The fourth-order valence-electron chi connectivity index (χ4n) is 4.19. The van der Waals surface area contributed by atoms with Crippen molar-refractivity contribution >= 4 is 22.0 Å². The van der Waals surface area contributed by atoms with E-state index in [2.05, 4.69) is 0 Å². The minimum atomic E-state index is -3.59. The van der Waals surface area contributed by atoms with E-state index in [0.29, 0.717) is 12.0 Å². The van der Waals surface area contributed by atoms with E-state index in [1.807, 2.05) is 6.07 Å². The maximum Gasteiger partial charge on any atom is 0.528 e. The van der Waals surface area contributed by atoms with Crippen LogP contribution < -0.4 is 4.74 Å². The van der Waals surface area contributed by atoms with Gasteiger partial charge in [-0.3, -0.25) is 0 Å². The molecule has 1 N–H and O–H groups in total. The molecule has 0 bridgehead atoms. The summed E-state index contributed by atoms with van der Waals surface area (Å²) in [6.45, 7) is 0.963. The number of carboxylic acids is 1. The average Bonchev–Trinajstić information content (AvgIpc) is 2.91. The summed E-state index contributed by atoms with van der Waals surface area (Å²) in [5, 5.41) is 10.4. The van der Waals surface area contributed by atoms with E-state index in [1.54, 1.807) is 30.3 Å². The Bertz CT molecular complexity index is 1430. The third kappa shape index (κ3) is 6.29. The number of carbonyl (C=O) groups excluding carboxylic acids is 1. The van der Waals surface area contributed by atoms with Gasteiger partial charge in [-0.1, -0.05) is 43.3 Å². The molecular weight excluding hydrogens is 517 g/mol. The molecule has 1 aliphatic rings. The molecule has 0 aliphatic carbocycles. The number of aliphatic carboxylic acids is 1. The molecule has 1 aliphatic heterocycles. The van der Waals surface area contributed by atoms with Crippen molar-refractivity contribution in [2.24, 2.45) is 0 Å². The molecule has 1 atom stereocenters. The predicted molar refractivity (Wildman–Crippen MR) is 134 cm³/mol. The molecule has 9 nitrogen and oxygen atoms in total. The number of rotatable bonds is 9. The number of carboxylic acid groups (broad SMARTS) is 1. The zero-order chi connectivity index (χ0) is 27.3. The summed E-state index contributed by atoms with van der Waals surface area (Å²) >= 11 is 0. The van der Waals surface area contributed by atoms with Gasteiger partial charge >= 0.3 is 12.1 Å². The van der Waals surface area contributed by atoms with E-state index in [0.717, 1.165) is 23.3 Å². The Morgan fingerprint density at radius 3 is 2.53 bits per heavy atom. The van der Waals surface area contributed by atoms with Gasteiger partial charge in [0.1, 0.15) is 24.2 Å². The number of hydrogen-bond donors (Lipinski definition) is 1. The largest absolute Gasteiger partial charge is 0.528 e. The van der Waals surface area contributed by atoms with Gasteiger partial charge in [0.2, 0.25) is 0 Å². The molecule has 0 spiro atoms. The molecule has 1 unspecified atom stereocenters. The summed E-state index contributed by atoms with van der Waals surface area (Å²) < 4.78 is 50.4. The number of hydroxylamine groups is 2. The van der Waals surface area contributed by atoms with Crippen molar-refractivity contribution < 1.29 is 41.8 Å². The van der Waals surface area contributed by atoms with Crippen LogP contribution in [0.15, 0.2) is 71.6 Å². The smallest absolute Gasteiger partial charge is 0.482 e. The van der Waals surface area contributed by atoms with Gasteiger partial charge in [-0.2, -0.15) is 0 Å². The number of nitrogens with zero attached hydrogens (tertiary/aromatic N) is 1. The first-order valence-corrected chi connectivity index (χ1v) is 13.5. The highest BCUT2D eigenvalue weighted by Gasteiger charge is 2.35. The van der Waals surface area contributed by atoms with Crippen molar-refractivity contribution in [1.82, 2.24) is 5.06 Å². The standard InChI is InChI=1S/C27H26FNO8S/c1-2-38(33,34)21-10-8-19-12-13-29(37-27(32)36-16-18-6-4-3-5-7-18)26(22(19)15-21)23-14-20(28)9-11-24(23)35-17-25(30)31/h3-11,14-15,26H,2,12-13,16-17H2,1H3,(H,30,31). The quantitative estimate of drug-likeness (QED) is 0.394. The van der Waals surface area contributed by atoms with Crippen LogP contribution in [0.2, 0.25) is 0 Å². The number of ether oxygens (including phenoxy) is 2. The molecule has 0 saturated heterocycles. The van der Waals surface area contributed by atoms with Crippen LogP contribution in [0.4, 0.5) is 9.18 Å². The summed E-state index contributed by atoms with van der Waals surface area (Å²) in [6, 6.07) is 16.2. The third-order valence-electron chi connectivity index (χ3n) is 6.05. The Kier molecular flexibility index (Phi) is 8.28. The van der Waals surface area contributed by atoms with Crippen LogP contribution in [0, 0.1) is 5.82 Å². The van der Waals surface area contributed by atoms with Crippen LogP contribution in [0.5, 0.6) is 5.75 Å². The van der Waals surface area contributed by atoms with E-state index in [9.17, 15) is 22.4 Å². The second-order valence-corrected chi connectivity index (χ2v) is 10.8. The fraction of sp³-hybridized carbons (Fsp3) is 0.259. The van der Waals surface area contributed by atoms with Gasteiger partial charge in [-0.15, -0.1) is 5.06 Å². The Hall–Kier alpha value is -3.96. The highest BCUT2D eigenvalue weighted by atomic mass is 32.2. The van der Waals surface area contributed by atoms with E-state index in [-0.39, 0.29) is 35.1 Å². The molecular formula is C27H26FNO8S. The molecule has 0 aromatic heterocycles. The van der Waals surface area contributed by atoms with Gasteiger partial charge < -0.3 is 19.4 Å². The zero-order valence-corrected chi connectivity index (χ0v) is 21.3. The number of benzene rings is 3. The first-order chi connectivity index (χ1) is 18.2. The molecule has 38 heavy (non-hydrogen) atoms. The molecule has 3 aromatic carbocycles. The second kappa shape index (κ2) is 11.6. The number of fused-ring (bicyclic) bond motifs is 1. The second-order valence-electron chi connectivity index (χ2n) is 8.54. The van der Waals surface area contributed by atoms with Gasteiger partial charge in [0.05, 0.1) is 10.6 Å². The van der Waals surface area contributed by atoms with Gasteiger partial charge in [0.15, 0.2) is 16.4 Å². The van der Waals surface area contributed by atoms with Gasteiger partial charge in [-0.25, -0.2) is 22.4 Å². The first kappa shape index (κ1) is 27.1. The minimum Gasteiger partial charge on any atom is -0.482 e. The van der Waals surface area contributed by atoms with Crippen molar-refractivity contribution in [2.75, 3.05) is 18.9 Å². The number of sulfone groups is 1. The van der Waals surface area contributed by atoms with Crippen LogP contribution in [0.1, 0.15) is 35.2 Å². The maximum atomic E-state index is 14.5. The van der Waals surface area contributed by atoms with Crippen LogP contribution in [-0.4, -0.2) is 49.6 Å². The Balaban J connectivity index is 1.73. The normalized spacial score (nSPS) is 15.4. The van der Waals surface area contributed by atoms with Gasteiger partial charge in [-0.05, 0) is 53.4 Å². The SMILES string of the molecule is CCS(=O)(=O)c1ccc2c(c1)C(c1cc(F)ccc1OCC(=O)O)N(OC(=O)OCc1ccccc1)CC2. The zero-order valence-electron chi connectivity index (χ0n) is 20.5. The number of carbonyl (C=O) groups is 2. The molecule has 0 saturated carbocycles. The number of hydrogen-bond acceptors (Lipinski definition) is 8. The molecule has 3 aromatic rings. The van der Waals surface area contributed by atoms with E-state index in [4.69, 9.17) is 19.4 Å². The molecule has 0 radical (unpaired) electrons. The Labute approximate surface area is 219 Å². The van der Waals surface area contributed by atoms with Gasteiger partial charge in [0.25, 0.3) is 0 Å². The highest BCUT2D eigenvalue weighted by Crippen LogP contribution is 2.41. The van der Waals surface area contributed by atoms with Crippen molar-refractivity contribution in [3.63, 3.8) is 0 Å². The fourth-order valence-corrected chi connectivity index (χ4v) is 5.11. The van der Waals surface area contributed by atoms with Crippen LogP contribution in [0.3, 0.4) is 0 Å². The van der Waals surface area contributed by atoms with Crippen LogP contribution in [0.25, 0.3) is 0 Å². The van der Waals surface area contributed by atoms with Crippen molar-refractivity contribution in [3.05, 3.63) is 94.8 Å². The van der Waals surface area contributed by atoms with E-state index in [1.165, 1.54) is 30.2 Å². The average molecular weight is 544 g/mol. The molecule has 200 valence electrons.